The van der Waals surface area contributed by atoms with Crippen molar-refractivity contribution in [1.82, 2.24) is 0 Å². The van der Waals surface area contributed by atoms with Crippen LogP contribution in [0.1, 0.15) is 13.8 Å². The van der Waals surface area contributed by atoms with Gasteiger partial charge in [0.1, 0.15) is 5.92 Å². The van der Waals surface area contributed by atoms with Crippen molar-refractivity contribution in [3.8, 4) is 6.07 Å². The maximum Gasteiger partial charge on any atom is 0.304 e. The van der Waals surface area contributed by atoms with E-state index in [-0.39, 0.29) is 5.92 Å². The quantitative estimate of drug-likeness (QED) is 0.620. The highest BCUT2D eigenvalue weighted by Gasteiger charge is 2.42. The largest absolute Gasteiger partial charge is 0.369 e. The molecule has 0 aliphatic rings. The minimum Gasteiger partial charge on any atom is -0.369 e. The molecule has 0 saturated carbocycles. The summed E-state index contributed by atoms with van der Waals surface area (Å²) in [5, 5.41) is 8.84. The predicted octanol–water partition coefficient (Wildman–Crippen LogP) is -0.343. The Hall–Kier alpha value is -2.08. The van der Waals surface area contributed by atoms with E-state index in [1.54, 1.807) is 19.9 Å². The molecule has 0 heterocycles. The van der Waals surface area contributed by atoms with Gasteiger partial charge in [-0.05, 0) is 5.92 Å². The summed E-state index contributed by atoms with van der Waals surface area (Å²) in [6, 6.07) is 0.530. The molecule has 2 amide bonds. The van der Waals surface area contributed by atoms with Crippen molar-refractivity contribution in [3.05, 3.63) is 11.4 Å². The van der Waals surface area contributed by atoms with Gasteiger partial charge in [-0.2, -0.15) is 5.26 Å². The van der Waals surface area contributed by atoms with Crippen LogP contribution in [0.3, 0.4) is 0 Å². The molecule has 16 heavy (non-hydrogen) atoms. The number of hydrogen-bond acceptors (Lipinski definition) is 3. The summed E-state index contributed by atoms with van der Waals surface area (Å²) in [7, 11) is 0. The van der Waals surface area contributed by atoms with Crippen molar-refractivity contribution >= 4 is 11.8 Å². The van der Waals surface area contributed by atoms with E-state index in [1.165, 1.54) is 0 Å². The van der Waals surface area contributed by atoms with Crippen LogP contribution in [-0.4, -0.2) is 17.9 Å². The molecule has 3 unspecified atom stereocenters. The average Bonchev–Trinajstić information content (AvgIpc) is 2.16. The number of primary amides is 2. The number of amides is 2. The van der Waals surface area contributed by atoms with E-state index >= 15 is 0 Å². The molecule has 0 aliphatic carbocycles. The Balaban J connectivity index is 5.31. The lowest BCUT2D eigenvalue weighted by Gasteiger charge is -2.22. The number of rotatable bonds is 5. The number of nitrogens with zero attached hydrogens (tertiary/aromatic N) is 2. The van der Waals surface area contributed by atoms with Gasteiger partial charge in [-0.3, -0.25) is 9.59 Å². The monoisotopic (exact) mass is 222 g/mol. The maximum absolute atomic E-state index is 11.1. The van der Waals surface area contributed by atoms with Crippen LogP contribution in [0.25, 0.3) is 4.85 Å². The summed E-state index contributed by atoms with van der Waals surface area (Å²) >= 11 is 0. The second kappa shape index (κ2) is 5.72. The summed E-state index contributed by atoms with van der Waals surface area (Å²) in [4.78, 5) is 25.2. The lowest BCUT2D eigenvalue weighted by Crippen LogP contribution is -2.43. The molecule has 0 spiro atoms. The van der Waals surface area contributed by atoms with Crippen LogP contribution in [0.4, 0.5) is 0 Å². The zero-order valence-electron chi connectivity index (χ0n) is 9.18. The van der Waals surface area contributed by atoms with Crippen LogP contribution in [0.2, 0.25) is 0 Å². The van der Waals surface area contributed by atoms with Gasteiger partial charge in [0.2, 0.25) is 5.91 Å². The molecule has 0 aromatic carbocycles. The first-order chi connectivity index (χ1) is 7.36. The second-order valence-electron chi connectivity index (χ2n) is 3.81. The number of hydrogen-bond donors (Lipinski definition) is 2. The van der Waals surface area contributed by atoms with E-state index in [4.69, 9.17) is 23.3 Å². The first kappa shape index (κ1) is 13.9. The summed E-state index contributed by atoms with van der Waals surface area (Å²) in [5.74, 6) is -3.83. The van der Waals surface area contributed by atoms with Gasteiger partial charge in [-0.1, -0.05) is 13.8 Å². The van der Waals surface area contributed by atoms with Crippen LogP contribution in [-0.2, 0) is 9.59 Å². The third kappa shape index (κ3) is 2.96. The molecular weight excluding hydrogens is 208 g/mol. The van der Waals surface area contributed by atoms with Gasteiger partial charge < -0.3 is 16.3 Å². The zero-order valence-corrected chi connectivity index (χ0v) is 9.18. The molecule has 4 N–H and O–H groups in total. The number of nitriles is 1. The van der Waals surface area contributed by atoms with Crippen LogP contribution in [0, 0.1) is 35.7 Å². The molecule has 0 fully saturated rings. The summed E-state index contributed by atoms with van der Waals surface area (Å²) < 4.78 is 0. The number of carbonyl (C=O) groups excluding carboxylic acids is 2. The highest BCUT2D eigenvalue weighted by molar-refractivity contribution is 5.85. The highest BCUT2D eigenvalue weighted by Crippen LogP contribution is 2.26. The molecule has 0 saturated heterocycles. The Morgan fingerprint density at radius 3 is 2.00 bits per heavy atom. The van der Waals surface area contributed by atoms with Crippen molar-refractivity contribution in [2.75, 3.05) is 0 Å². The van der Waals surface area contributed by atoms with E-state index in [0.29, 0.717) is 0 Å². The number of carbonyl (C=O) groups is 2. The van der Waals surface area contributed by atoms with Gasteiger partial charge in [0.15, 0.2) is 0 Å². The lowest BCUT2D eigenvalue weighted by atomic mass is 9.78. The average molecular weight is 222 g/mol. The molecule has 6 nitrogen and oxygen atoms in total. The molecular formula is C10H14N4O2. The summed E-state index contributed by atoms with van der Waals surface area (Å²) in [6.07, 6.45) is 0. The fourth-order valence-corrected chi connectivity index (χ4v) is 1.61. The number of nitrogens with two attached hydrogens (primary N) is 2. The standard InChI is InChI=1S/C10H14N4O2/c1-5(2)7(6(4-11)9(12)15)8(14-3)10(13)16/h5-8H,1-2H3,(H2,12,15)(H2,13,16). The Bertz CT molecular complexity index is 332. The first-order valence-corrected chi connectivity index (χ1v) is 4.71. The smallest absolute Gasteiger partial charge is 0.304 e. The van der Waals surface area contributed by atoms with E-state index in [1.807, 2.05) is 0 Å². The van der Waals surface area contributed by atoms with Crippen LogP contribution < -0.4 is 11.5 Å². The van der Waals surface area contributed by atoms with Gasteiger partial charge in [0, 0.05) is 0 Å². The SMILES string of the molecule is [C-]#[N+]C(C(N)=O)C(C(C)C)C(C#N)C(N)=O. The Labute approximate surface area is 94.0 Å². The molecule has 0 rings (SSSR count). The summed E-state index contributed by atoms with van der Waals surface area (Å²) in [5.41, 5.74) is 10.1. The molecule has 3 atom stereocenters. The molecule has 0 aromatic rings. The molecule has 0 radical (unpaired) electrons. The van der Waals surface area contributed by atoms with Crippen molar-refractivity contribution in [3.63, 3.8) is 0 Å². The topological polar surface area (TPSA) is 114 Å². The van der Waals surface area contributed by atoms with E-state index in [0.717, 1.165) is 0 Å². The Morgan fingerprint density at radius 1 is 1.31 bits per heavy atom. The first-order valence-electron chi connectivity index (χ1n) is 4.71. The van der Waals surface area contributed by atoms with E-state index < -0.39 is 29.7 Å². The Kier molecular flexibility index (Phi) is 4.97. The van der Waals surface area contributed by atoms with Crippen molar-refractivity contribution in [2.45, 2.75) is 19.9 Å². The minimum atomic E-state index is -1.20. The van der Waals surface area contributed by atoms with Gasteiger partial charge in [0.25, 0.3) is 0 Å². The third-order valence-corrected chi connectivity index (χ3v) is 2.40. The minimum absolute atomic E-state index is 0.219. The normalized spacial score (nSPS) is 15.6. The molecule has 86 valence electrons. The van der Waals surface area contributed by atoms with Crippen molar-refractivity contribution < 1.29 is 9.59 Å². The van der Waals surface area contributed by atoms with Gasteiger partial charge >= 0.3 is 11.9 Å². The summed E-state index contributed by atoms with van der Waals surface area (Å²) in [6.45, 7) is 10.3. The van der Waals surface area contributed by atoms with Gasteiger partial charge in [-0.25, -0.2) is 6.57 Å². The van der Waals surface area contributed by atoms with Crippen LogP contribution >= 0.6 is 0 Å². The fraction of sp³-hybridized carbons (Fsp3) is 0.600. The van der Waals surface area contributed by atoms with Gasteiger partial charge in [0.05, 0.1) is 12.0 Å². The Morgan fingerprint density at radius 2 is 1.81 bits per heavy atom. The van der Waals surface area contributed by atoms with Gasteiger partial charge in [-0.15, -0.1) is 0 Å². The van der Waals surface area contributed by atoms with Crippen LogP contribution in [0.5, 0.6) is 0 Å². The third-order valence-electron chi connectivity index (χ3n) is 2.40. The molecule has 0 bridgehead atoms. The second-order valence-corrected chi connectivity index (χ2v) is 3.81. The molecule has 0 aliphatic heterocycles. The van der Waals surface area contributed by atoms with Crippen molar-refractivity contribution in [2.24, 2.45) is 29.2 Å². The zero-order chi connectivity index (χ0) is 12.9. The van der Waals surface area contributed by atoms with Crippen LogP contribution in [0.15, 0.2) is 0 Å². The van der Waals surface area contributed by atoms with E-state index in [2.05, 4.69) is 4.85 Å². The molecule has 6 heteroatoms. The lowest BCUT2D eigenvalue weighted by molar-refractivity contribution is -0.124. The molecule has 0 aromatic heterocycles. The van der Waals surface area contributed by atoms with E-state index in [9.17, 15) is 9.59 Å². The van der Waals surface area contributed by atoms with Crippen molar-refractivity contribution in [1.29, 1.82) is 5.26 Å². The maximum atomic E-state index is 11.1. The highest BCUT2D eigenvalue weighted by atomic mass is 16.2. The fourth-order valence-electron chi connectivity index (χ4n) is 1.61. The predicted molar refractivity (Wildman–Crippen MR) is 56.2 cm³/mol.